The maximum absolute atomic E-state index is 5.98. The summed E-state index contributed by atoms with van der Waals surface area (Å²) in [5, 5.41) is 0. The Morgan fingerprint density at radius 3 is 2.32 bits per heavy atom. The normalized spacial score (nSPS) is 24.6. The van der Waals surface area contributed by atoms with Gasteiger partial charge in [0.25, 0.3) is 0 Å². The Bertz CT molecular complexity index is 543. The van der Waals surface area contributed by atoms with E-state index in [0.29, 0.717) is 23.9 Å². The van der Waals surface area contributed by atoms with E-state index in [4.69, 9.17) is 11.5 Å². The van der Waals surface area contributed by atoms with Gasteiger partial charge in [-0.15, -0.1) is 0 Å². The highest BCUT2D eigenvalue weighted by Crippen LogP contribution is 2.36. The van der Waals surface area contributed by atoms with Crippen LogP contribution in [-0.2, 0) is 0 Å². The van der Waals surface area contributed by atoms with Crippen molar-refractivity contribution in [2.75, 3.05) is 36.8 Å². The van der Waals surface area contributed by atoms with Crippen molar-refractivity contribution in [2.24, 2.45) is 5.73 Å². The highest BCUT2D eigenvalue weighted by atomic mass is 15.2. The second-order valence-electron chi connectivity index (χ2n) is 7.69. The highest BCUT2D eigenvalue weighted by Gasteiger charge is 2.30. The summed E-state index contributed by atoms with van der Waals surface area (Å²) in [6.07, 6.45) is 6.90. The third-order valence-electron chi connectivity index (χ3n) is 5.67. The van der Waals surface area contributed by atoms with Crippen LogP contribution in [0, 0.1) is 0 Å². The van der Waals surface area contributed by atoms with Crippen LogP contribution in [0.15, 0.2) is 6.07 Å². The zero-order valence-electron chi connectivity index (χ0n) is 15.8. The van der Waals surface area contributed by atoms with Gasteiger partial charge in [-0.1, -0.05) is 13.8 Å². The van der Waals surface area contributed by atoms with Crippen LogP contribution in [-0.4, -0.2) is 53.1 Å². The van der Waals surface area contributed by atoms with Crippen molar-refractivity contribution in [3.8, 4) is 0 Å². The first-order valence-electron chi connectivity index (χ1n) is 9.99. The maximum atomic E-state index is 5.98. The van der Waals surface area contributed by atoms with Crippen molar-refractivity contribution in [2.45, 2.75) is 70.4 Å². The predicted molar refractivity (Wildman–Crippen MR) is 104 cm³/mol. The molecule has 2 fully saturated rings. The van der Waals surface area contributed by atoms with Crippen LogP contribution in [0.4, 0.5) is 11.8 Å². The topological polar surface area (TPSA) is 84.3 Å². The molecule has 1 saturated heterocycles. The second kappa shape index (κ2) is 8.32. The Morgan fingerprint density at radius 1 is 1.12 bits per heavy atom. The first-order chi connectivity index (χ1) is 12.1. The molecule has 0 atom stereocenters. The van der Waals surface area contributed by atoms with Crippen molar-refractivity contribution in [1.29, 1.82) is 0 Å². The van der Waals surface area contributed by atoms with E-state index < -0.39 is 0 Å². The molecule has 1 saturated carbocycles. The average molecular weight is 347 g/mol. The molecule has 1 aliphatic heterocycles. The summed E-state index contributed by atoms with van der Waals surface area (Å²) in [7, 11) is 0. The Labute approximate surface area is 152 Å². The molecule has 2 heterocycles. The van der Waals surface area contributed by atoms with E-state index >= 15 is 0 Å². The fourth-order valence-corrected chi connectivity index (χ4v) is 4.26. The van der Waals surface area contributed by atoms with Gasteiger partial charge >= 0.3 is 0 Å². The minimum atomic E-state index is 0.323. The van der Waals surface area contributed by atoms with Crippen LogP contribution in [0.1, 0.15) is 64.0 Å². The minimum absolute atomic E-state index is 0.323. The molecule has 25 heavy (non-hydrogen) atoms. The van der Waals surface area contributed by atoms with Gasteiger partial charge in [0.1, 0.15) is 5.82 Å². The molecule has 1 aromatic heterocycles. The molecule has 140 valence electrons. The molecule has 6 nitrogen and oxygen atoms in total. The molecular formula is C19H34N6. The van der Waals surface area contributed by atoms with Crippen LogP contribution in [0.3, 0.4) is 0 Å². The molecular weight excluding hydrogens is 312 g/mol. The molecule has 1 aromatic rings. The Kier molecular flexibility index (Phi) is 6.12. The molecule has 0 spiro atoms. The van der Waals surface area contributed by atoms with Crippen LogP contribution in [0.5, 0.6) is 0 Å². The predicted octanol–water partition coefficient (Wildman–Crippen LogP) is 2.35. The fraction of sp³-hybridized carbons (Fsp3) is 0.789. The number of nitrogens with zero attached hydrogens (tertiary/aromatic N) is 4. The van der Waals surface area contributed by atoms with Gasteiger partial charge in [-0.05, 0) is 51.6 Å². The van der Waals surface area contributed by atoms with E-state index in [0.717, 1.165) is 37.4 Å². The zero-order chi connectivity index (χ0) is 17.8. The van der Waals surface area contributed by atoms with Crippen LogP contribution >= 0.6 is 0 Å². The monoisotopic (exact) mass is 346 g/mol. The molecule has 0 amide bonds. The van der Waals surface area contributed by atoms with Crippen LogP contribution in [0.2, 0.25) is 0 Å². The number of nitrogens with two attached hydrogens (primary N) is 2. The van der Waals surface area contributed by atoms with Gasteiger partial charge in [0.05, 0.1) is 5.69 Å². The van der Waals surface area contributed by atoms with Gasteiger partial charge in [0.15, 0.2) is 0 Å². The first-order valence-corrected chi connectivity index (χ1v) is 9.99. The summed E-state index contributed by atoms with van der Waals surface area (Å²) in [4.78, 5) is 14.0. The van der Waals surface area contributed by atoms with E-state index in [1.807, 2.05) is 0 Å². The first kappa shape index (κ1) is 18.4. The van der Waals surface area contributed by atoms with Gasteiger partial charge in [-0.25, -0.2) is 4.98 Å². The molecule has 0 bridgehead atoms. The summed E-state index contributed by atoms with van der Waals surface area (Å²) in [5.74, 6) is 1.86. The lowest BCUT2D eigenvalue weighted by Gasteiger charge is -2.39. The zero-order valence-corrected chi connectivity index (χ0v) is 15.8. The van der Waals surface area contributed by atoms with Gasteiger partial charge in [-0.2, -0.15) is 4.98 Å². The summed E-state index contributed by atoms with van der Waals surface area (Å²) in [6, 6.07) is 3.17. The summed E-state index contributed by atoms with van der Waals surface area (Å²) in [6.45, 7) is 9.07. The van der Waals surface area contributed by atoms with Crippen molar-refractivity contribution in [1.82, 2.24) is 14.9 Å². The van der Waals surface area contributed by atoms with E-state index in [2.05, 4.69) is 39.7 Å². The number of rotatable bonds is 7. The lowest BCUT2D eigenvalue weighted by Crippen LogP contribution is -2.46. The Hall–Kier alpha value is -1.40. The summed E-state index contributed by atoms with van der Waals surface area (Å²) < 4.78 is 0. The minimum Gasteiger partial charge on any atom is -0.368 e. The molecule has 2 aliphatic rings. The third kappa shape index (κ3) is 4.42. The molecule has 0 aromatic carbocycles. The van der Waals surface area contributed by atoms with Gasteiger partial charge in [0, 0.05) is 37.2 Å². The lowest BCUT2D eigenvalue weighted by atomic mass is 9.78. The van der Waals surface area contributed by atoms with Crippen molar-refractivity contribution in [3.63, 3.8) is 0 Å². The fourth-order valence-electron chi connectivity index (χ4n) is 4.26. The molecule has 3 rings (SSSR count). The van der Waals surface area contributed by atoms with Crippen molar-refractivity contribution in [3.05, 3.63) is 11.8 Å². The number of anilines is 2. The van der Waals surface area contributed by atoms with Crippen molar-refractivity contribution >= 4 is 11.8 Å². The Morgan fingerprint density at radius 2 is 1.76 bits per heavy atom. The standard InChI is InChI=1S/C19H34N6/c1-3-7-24(8-4-2)16-5-9-25(10-6-16)18-13-17(22-19(21)23-18)14-11-15(20)12-14/h13-16H,3-12,20H2,1-2H3,(H2,21,22,23). The lowest BCUT2D eigenvalue weighted by molar-refractivity contribution is 0.169. The molecule has 1 aliphatic carbocycles. The van der Waals surface area contributed by atoms with E-state index in [-0.39, 0.29) is 0 Å². The number of hydrogen-bond donors (Lipinski definition) is 2. The SMILES string of the molecule is CCCN(CCC)C1CCN(c2cc(C3CC(N)C3)nc(N)n2)CC1. The summed E-state index contributed by atoms with van der Waals surface area (Å²) >= 11 is 0. The quantitative estimate of drug-likeness (QED) is 0.788. The average Bonchev–Trinajstić information content (AvgIpc) is 2.58. The number of piperidine rings is 1. The molecule has 0 unspecified atom stereocenters. The maximum Gasteiger partial charge on any atom is 0.222 e. The second-order valence-corrected chi connectivity index (χ2v) is 7.69. The number of aromatic nitrogens is 2. The molecule has 6 heteroatoms. The van der Waals surface area contributed by atoms with E-state index in [1.54, 1.807) is 0 Å². The number of hydrogen-bond acceptors (Lipinski definition) is 6. The number of nitrogen functional groups attached to an aromatic ring is 1. The van der Waals surface area contributed by atoms with Gasteiger partial charge in [-0.3, -0.25) is 0 Å². The summed E-state index contributed by atoms with van der Waals surface area (Å²) in [5.41, 5.74) is 13.0. The molecule has 4 N–H and O–H groups in total. The highest BCUT2D eigenvalue weighted by molar-refractivity contribution is 5.45. The van der Waals surface area contributed by atoms with Crippen LogP contribution in [0.25, 0.3) is 0 Å². The van der Waals surface area contributed by atoms with E-state index in [9.17, 15) is 0 Å². The van der Waals surface area contributed by atoms with Gasteiger partial charge < -0.3 is 21.3 Å². The van der Waals surface area contributed by atoms with Gasteiger partial charge in [0.2, 0.25) is 5.95 Å². The van der Waals surface area contributed by atoms with Crippen molar-refractivity contribution < 1.29 is 0 Å². The smallest absolute Gasteiger partial charge is 0.222 e. The Balaban J connectivity index is 1.62. The molecule has 0 radical (unpaired) electrons. The van der Waals surface area contributed by atoms with Crippen LogP contribution < -0.4 is 16.4 Å². The largest absolute Gasteiger partial charge is 0.368 e. The van der Waals surface area contributed by atoms with E-state index in [1.165, 1.54) is 38.8 Å². The third-order valence-corrected chi connectivity index (χ3v) is 5.67.